The van der Waals surface area contributed by atoms with Gasteiger partial charge in [-0.25, -0.2) is 4.79 Å². The Morgan fingerprint density at radius 1 is 1.24 bits per heavy atom. The fourth-order valence-electron chi connectivity index (χ4n) is 3.17. The van der Waals surface area contributed by atoms with E-state index in [1.54, 1.807) is 0 Å². The monoisotopic (exact) mass is 298 g/mol. The molecule has 122 valence electrons. The minimum Gasteiger partial charge on any atom is -0.480 e. The van der Waals surface area contributed by atoms with Gasteiger partial charge in [-0.2, -0.15) is 0 Å². The standard InChI is InChI=1S/C16H30N2O3/c1-5-12(4)18(10-15(19)20)16(21)17-14-9-7-6-8-13(14)11(2)3/h11-14H,5-10H2,1-4H3,(H,17,21)(H,19,20). The van der Waals surface area contributed by atoms with Crippen molar-refractivity contribution in [2.24, 2.45) is 11.8 Å². The lowest BCUT2D eigenvalue weighted by atomic mass is 9.78. The van der Waals surface area contributed by atoms with Crippen molar-refractivity contribution in [1.82, 2.24) is 10.2 Å². The van der Waals surface area contributed by atoms with E-state index in [2.05, 4.69) is 19.2 Å². The van der Waals surface area contributed by atoms with Gasteiger partial charge in [0.15, 0.2) is 0 Å². The summed E-state index contributed by atoms with van der Waals surface area (Å²) in [5.41, 5.74) is 0. The fraction of sp³-hybridized carbons (Fsp3) is 0.875. The predicted octanol–water partition coefficient (Wildman–Crippen LogP) is 3.10. The molecule has 0 saturated heterocycles. The van der Waals surface area contributed by atoms with Crippen molar-refractivity contribution < 1.29 is 14.7 Å². The van der Waals surface area contributed by atoms with E-state index in [4.69, 9.17) is 5.11 Å². The van der Waals surface area contributed by atoms with Crippen LogP contribution in [0.2, 0.25) is 0 Å². The highest BCUT2D eigenvalue weighted by atomic mass is 16.4. The first-order valence-electron chi connectivity index (χ1n) is 8.15. The van der Waals surface area contributed by atoms with Gasteiger partial charge in [0.25, 0.3) is 0 Å². The van der Waals surface area contributed by atoms with Crippen molar-refractivity contribution in [2.45, 2.75) is 71.9 Å². The SMILES string of the molecule is CCC(C)N(CC(=O)O)C(=O)NC1CCCCC1C(C)C. The molecule has 3 unspecified atom stereocenters. The molecule has 0 aromatic carbocycles. The summed E-state index contributed by atoms with van der Waals surface area (Å²) in [4.78, 5) is 24.9. The van der Waals surface area contributed by atoms with Crippen LogP contribution in [-0.4, -0.2) is 40.6 Å². The second-order valence-electron chi connectivity index (χ2n) is 6.53. The van der Waals surface area contributed by atoms with Crippen molar-refractivity contribution >= 4 is 12.0 Å². The first kappa shape index (κ1) is 17.8. The number of carboxylic acids is 1. The second kappa shape index (κ2) is 8.25. The van der Waals surface area contributed by atoms with Crippen molar-refractivity contribution in [1.29, 1.82) is 0 Å². The Hall–Kier alpha value is -1.26. The average Bonchev–Trinajstić information content (AvgIpc) is 2.44. The molecule has 2 N–H and O–H groups in total. The molecule has 1 aliphatic carbocycles. The van der Waals surface area contributed by atoms with Crippen molar-refractivity contribution in [3.05, 3.63) is 0 Å². The van der Waals surface area contributed by atoms with Gasteiger partial charge in [-0.3, -0.25) is 4.79 Å². The lowest BCUT2D eigenvalue weighted by Gasteiger charge is -2.37. The lowest BCUT2D eigenvalue weighted by Crippen LogP contribution is -2.53. The maximum atomic E-state index is 12.5. The van der Waals surface area contributed by atoms with E-state index in [1.807, 2.05) is 13.8 Å². The van der Waals surface area contributed by atoms with Gasteiger partial charge in [0.1, 0.15) is 6.54 Å². The van der Waals surface area contributed by atoms with Gasteiger partial charge in [0.2, 0.25) is 0 Å². The van der Waals surface area contributed by atoms with Gasteiger partial charge in [-0.1, -0.05) is 33.6 Å². The van der Waals surface area contributed by atoms with E-state index in [0.717, 1.165) is 25.7 Å². The molecule has 1 rings (SSSR count). The Kier molecular flexibility index (Phi) is 6.99. The first-order valence-corrected chi connectivity index (χ1v) is 8.15. The molecular formula is C16H30N2O3. The van der Waals surface area contributed by atoms with Crippen LogP contribution in [0, 0.1) is 11.8 Å². The fourth-order valence-corrected chi connectivity index (χ4v) is 3.17. The summed E-state index contributed by atoms with van der Waals surface area (Å²) in [6.45, 7) is 8.01. The lowest BCUT2D eigenvalue weighted by molar-refractivity contribution is -0.138. The summed E-state index contributed by atoms with van der Waals surface area (Å²) in [6.07, 6.45) is 5.25. The molecule has 3 atom stereocenters. The van der Waals surface area contributed by atoms with Crippen LogP contribution >= 0.6 is 0 Å². The second-order valence-corrected chi connectivity index (χ2v) is 6.53. The molecule has 2 amide bonds. The molecule has 1 saturated carbocycles. The zero-order valence-electron chi connectivity index (χ0n) is 13.8. The Bertz CT molecular complexity index is 357. The van der Waals surface area contributed by atoms with E-state index in [9.17, 15) is 9.59 Å². The molecule has 0 aliphatic heterocycles. The van der Waals surface area contributed by atoms with E-state index in [0.29, 0.717) is 11.8 Å². The summed E-state index contributed by atoms with van der Waals surface area (Å²) in [5, 5.41) is 12.1. The molecule has 1 fully saturated rings. The highest BCUT2D eigenvalue weighted by molar-refractivity contribution is 5.80. The molecule has 0 aromatic heterocycles. The molecule has 0 heterocycles. The van der Waals surface area contributed by atoms with Crippen molar-refractivity contribution in [3.63, 3.8) is 0 Å². The third kappa shape index (κ3) is 5.21. The molecule has 0 radical (unpaired) electrons. The minimum atomic E-state index is -0.963. The Labute approximate surface area is 128 Å². The molecule has 0 aromatic rings. The van der Waals surface area contributed by atoms with Gasteiger partial charge in [0, 0.05) is 12.1 Å². The third-order valence-electron chi connectivity index (χ3n) is 4.67. The summed E-state index contributed by atoms with van der Waals surface area (Å²) in [5.74, 6) is 0.0629. The van der Waals surface area contributed by atoms with Gasteiger partial charge >= 0.3 is 12.0 Å². The topological polar surface area (TPSA) is 69.6 Å². The Morgan fingerprint density at radius 2 is 1.86 bits per heavy atom. The van der Waals surface area contributed by atoms with Crippen LogP contribution in [0.25, 0.3) is 0 Å². The average molecular weight is 298 g/mol. The predicted molar refractivity (Wildman–Crippen MR) is 83.2 cm³/mol. The van der Waals surface area contributed by atoms with Crippen LogP contribution in [0.15, 0.2) is 0 Å². The van der Waals surface area contributed by atoms with Crippen LogP contribution in [0.5, 0.6) is 0 Å². The van der Waals surface area contributed by atoms with Crippen LogP contribution in [0.4, 0.5) is 4.79 Å². The summed E-state index contributed by atoms with van der Waals surface area (Å²) < 4.78 is 0. The van der Waals surface area contributed by atoms with E-state index < -0.39 is 5.97 Å². The zero-order chi connectivity index (χ0) is 16.0. The van der Waals surface area contributed by atoms with E-state index >= 15 is 0 Å². The number of carboxylic acid groups (broad SMARTS) is 1. The van der Waals surface area contributed by atoms with Crippen molar-refractivity contribution in [2.75, 3.05) is 6.54 Å². The van der Waals surface area contributed by atoms with Crippen molar-refractivity contribution in [3.8, 4) is 0 Å². The number of carbonyl (C=O) groups excluding carboxylic acids is 1. The number of amides is 2. The summed E-state index contributed by atoms with van der Waals surface area (Å²) >= 11 is 0. The quantitative estimate of drug-likeness (QED) is 0.791. The van der Waals surface area contributed by atoms with Gasteiger partial charge in [-0.05, 0) is 38.0 Å². The smallest absolute Gasteiger partial charge is 0.323 e. The number of carbonyl (C=O) groups is 2. The van der Waals surface area contributed by atoms with E-state index in [1.165, 1.54) is 11.3 Å². The number of urea groups is 1. The van der Waals surface area contributed by atoms with Crippen LogP contribution in [0.3, 0.4) is 0 Å². The number of nitrogens with one attached hydrogen (secondary N) is 1. The van der Waals surface area contributed by atoms with Gasteiger partial charge < -0.3 is 15.3 Å². The number of rotatable bonds is 6. The van der Waals surface area contributed by atoms with Gasteiger partial charge in [0.05, 0.1) is 0 Å². The normalized spacial score (nSPS) is 23.7. The first-order chi connectivity index (χ1) is 9.86. The molecule has 5 nitrogen and oxygen atoms in total. The maximum absolute atomic E-state index is 12.5. The highest BCUT2D eigenvalue weighted by Crippen LogP contribution is 2.30. The molecule has 0 spiro atoms. The zero-order valence-corrected chi connectivity index (χ0v) is 13.8. The largest absolute Gasteiger partial charge is 0.480 e. The Morgan fingerprint density at radius 3 is 2.38 bits per heavy atom. The number of hydrogen-bond donors (Lipinski definition) is 2. The van der Waals surface area contributed by atoms with Crippen LogP contribution in [-0.2, 0) is 4.79 Å². The number of aliphatic carboxylic acids is 1. The number of hydrogen-bond acceptors (Lipinski definition) is 2. The molecule has 21 heavy (non-hydrogen) atoms. The Balaban J connectivity index is 2.72. The van der Waals surface area contributed by atoms with Gasteiger partial charge in [-0.15, -0.1) is 0 Å². The summed E-state index contributed by atoms with van der Waals surface area (Å²) in [7, 11) is 0. The molecule has 0 bridgehead atoms. The molecule has 5 heteroatoms. The minimum absolute atomic E-state index is 0.0674. The van der Waals surface area contributed by atoms with Crippen LogP contribution < -0.4 is 5.32 Å². The van der Waals surface area contributed by atoms with Crippen LogP contribution in [0.1, 0.15) is 59.8 Å². The van der Waals surface area contributed by atoms with E-state index in [-0.39, 0.29) is 24.7 Å². The molecule has 1 aliphatic rings. The number of nitrogens with zero attached hydrogens (tertiary/aromatic N) is 1. The summed E-state index contributed by atoms with van der Waals surface area (Å²) in [6, 6.07) is -0.127. The third-order valence-corrected chi connectivity index (χ3v) is 4.67. The maximum Gasteiger partial charge on any atom is 0.323 e. The highest BCUT2D eigenvalue weighted by Gasteiger charge is 2.31. The molecular weight excluding hydrogens is 268 g/mol.